The number of halogens is 1. The second kappa shape index (κ2) is 8.91. The van der Waals surface area contributed by atoms with Gasteiger partial charge < -0.3 is 19.9 Å². The maximum atomic E-state index is 11.6. The number of rotatable bonds is 7. The van der Waals surface area contributed by atoms with Gasteiger partial charge in [0.25, 0.3) is 0 Å². The number of carboxylic acids is 1. The predicted octanol–water partition coefficient (Wildman–Crippen LogP) is 2.53. The Balaban J connectivity index is 2.12. The summed E-state index contributed by atoms with van der Waals surface area (Å²) in [5, 5.41) is 19.0. The third kappa shape index (κ3) is 5.37. The fraction of sp³-hybridized carbons (Fsp3) is 0.375. The Morgan fingerprint density at radius 2 is 2.23 bits per heavy atom. The van der Waals surface area contributed by atoms with Gasteiger partial charge in [0.1, 0.15) is 5.25 Å². The molecule has 10 heteroatoms. The summed E-state index contributed by atoms with van der Waals surface area (Å²) in [7, 11) is 1.51. The Kier molecular flexibility index (Phi) is 6.87. The zero-order valence-corrected chi connectivity index (χ0v) is 15.9. The highest BCUT2D eigenvalue weighted by atomic mass is 35.5. The van der Waals surface area contributed by atoms with Crippen LogP contribution in [0.2, 0.25) is 5.02 Å². The van der Waals surface area contributed by atoms with E-state index in [-0.39, 0.29) is 17.7 Å². The van der Waals surface area contributed by atoms with E-state index in [1.54, 1.807) is 12.1 Å². The van der Waals surface area contributed by atoms with Gasteiger partial charge in [0.2, 0.25) is 5.91 Å². The quantitative estimate of drug-likeness (QED) is 0.538. The first-order valence-corrected chi connectivity index (χ1v) is 8.90. The number of carboxylic acid groups (broad SMARTS) is 1. The van der Waals surface area contributed by atoms with Crippen molar-refractivity contribution in [3.63, 3.8) is 0 Å². The Morgan fingerprint density at radius 3 is 2.85 bits per heavy atom. The van der Waals surface area contributed by atoms with Crippen LogP contribution in [0.1, 0.15) is 25.8 Å². The molecule has 1 heterocycles. The van der Waals surface area contributed by atoms with Crippen LogP contribution >= 0.6 is 23.4 Å². The van der Waals surface area contributed by atoms with Crippen LogP contribution in [-0.2, 0) is 9.59 Å². The molecule has 2 rings (SSSR count). The summed E-state index contributed by atoms with van der Waals surface area (Å²) >= 11 is 7.26. The number of carbonyl (C=O) groups excluding carboxylic acids is 1. The molecule has 1 aromatic rings. The number of amidine groups is 1. The van der Waals surface area contributed by atoms with Gasteiger partial charge in [-0.3, -0.25) is 9.59 Å². The predicted molar refractivity (Wildman–Crippen MR) is 101 cm³/mol. The lowest BCUT2D eigenvalue weighted by molar-refractivity contribution is -0.138. The van der Waals surface area contributed by atoms with Crippen LogP contribution in [0.25, 0.3) is 0 Å². The number of amides is 1. The largest absolute Gasteiger partial charge is 0.493 e. The molecule has 0 radical (unpaired) electrons. The van der Waals surface area contributed by atoms with Gasteiger partial charge in [-0.05, 0) is 26.0 Å². The standard InChI is InChI=1S/C16H18ClN3O5S/c1-8(2)25-14-10(17)4-9(5-11(14)24-3)7-18-20-16-19-15(23)12(26-16)6-13(21)22/h4-5,7-8,12H,6H2,1-3H3,(H,21,22)(H,19,20,23). The Hall–Kier alpha value is -2.26. The van der Waals surface area contributed by atoms with E-state index in [4.69, 9.17) is 26.2 Å². The minimum absolute atomic E-state index is 0.0610. The summed E-state index contributed by atoms with van der Waals surface area (Å²) in [4.78, 5) is 22.3. The highest BCUT2D eigenvalue weighted by molar-refractivity contribution is 8.15. The molecule has 0 aliphatic carbocycles. The van der Waals surface area contributed by atoms with Gasteiger partial charge in [0, 0.05) is 5.56 Å². The number of methoxy groups -OCH3 is 1. The maximum absolute atomic E-state index is 11.6. The molecule has 1 aliphatic rings. The average molecular weight is 400 g/mol. The smallest absolute Gasteiger partial charge is 0.305 e. The normalized spacial score (nSPS) is 18.6. The number of hydrogen-bond acceptors (Lipinski definition) is 7. The van der Waals surface area contributed by atoms with Gasteiger partial charge in [0.05, 0.1) is 30.9 Å². The van der Waals surface area contributed by atoms with Crippen LogP contribution in [0.3, 0.4) is 0 Å². The van der Waals surface area contributed by atoms with Crippen molar-refractivity contribution in [1.29, 1.82) is 0 Å². The molecule has 0 bridgehead atoms. The molecule has 140 valence electrons. The van der Waals surface area contributed by atoms with Gasteiger partial charge in [-0.25, -0.2) is 0 Å². The molecule has 0 spiro atoms. The Morgan fingerprint density at radius 1 is 1.50 bits per heavy atom. The van der Waals surface area contributed by atoms with Gasteiger partial charge in [-0.1, -0.05) is 23.4 Å². The second-order valence-corrected chi connectivity index (χ2v) is 7.14. The van der Waals surface area contributed by atoms with E-state index in [1.165, 1.54) is 13.3 Å². The molecule has 0 saturated carbocycles. The number of ether oxygens (including phenoxy) is 2. The molecule has 1 aliphatic heterocycles. The Labute approximate surface area is 159 Å². The zero-order chi connectivity index (χ0) is 19.3. The van der Waals surface area contributed by atoms with Crippen molar-refractivity contribution in [3.8, 4) is 11.5 Å². The van der Waals surface area contributed by atoms with E-state index in [1.807, 2.05) is 13.8 Å². The molecule has 1 atom stereocenters. The maximum Gasteiger partial charge on any atom is 0.305 e. The first-order chi connectivity index (χ1) is 12.3. The topological polar surface area (TPSA) is 110 Å². The van der Waals surface area contributed by atoms with Gasteiger partial charge in [0.15, 0.2) is 16.7 Å². The van der Waals surface area contributed by atoms with Gasteiger partial charge in [-0.2, -0.15) is 5.10 Å². The van der Waals surface area contributed by atoms with E-state index in [0.29, 0.717) is 22.1 Å². The molecular weight excluding hydrogens is 382 g/mol. The van der Waals surface area contributed by atoms with Crippen LogP contribution in [-0.4, -0.2) is 46.8 Å². The van der Waals surface area contributed by atoms with E-state index >= 15 is 0 Å². The molecule has 8 nitrogen and oxygen atoms in total. The van der Waals surface area contributed by atoms with E-state index < -0.39 is 17.1 Å². The fourth-order valence-corrected chi connectivity index (χ4v) is 3.24. The molecule has 26 heavy (non-hydrogen) atoms. The molecule has 1 saturated heterocycles. The summed E-state index contributed by atoms with van der Waals surface area (Å²) in [6.45, 7) is 3.76. The van der Waals surface area contributed by atoms with E-state index in [0.717, 1.165) is 11.8 Å². The highest BCUT2D eigenvalue weighted by Gasteiger charge is 2.32. The second-order valence-electron chi connectivity index (χ2n) is 5.54. The number of nitrogens with one attached hydrogen (secondary N) is 1. The molecule has 2 N–H and O–H groups in total. The lowest BCUT2D eigenvalue weighted by Gasteiger charge is -2.15. The van der Waals surface area contributed by atoms with E-state index in [2.05, 4.69) is 15.5 Å². The highest BCUT2D eigenvalue weighted by Crippen LogP contribution is 2.36. The lowest BCUT2D eigenvalue weighted by Crippen LogP contribution is -2.26. The first kappa shape index (κ1) is 20.1. The van der Waals surface area contributed by atoms with Gasteiger partial charge >= 0.3 is 5.97 Å². The number of benzene rings is 1. The molecule has 1 unspecified atom stereocenters. The Bertz CT molecular complexity index is 766. The van der Waals surface area contributed by atoms with Crippen molar-refractivity contribution in [1.82, 2.24) is 5.32 Å². The third-order valence-electron chi connectivity index (χ3n) is 3.10. The summed E-state index contributed by atoms with van der Waals surface area (Å²) in [5.74, 6) is -0.535. The van der Waals surface area contributed by atoms with Crippen molar-refractivity contribution < 1.29 is 24.2 Å². The van der Waals surface area contributed by atoms with Crippen molar-refractivity contribution in [3.05, 3.63) is 22.7 Å². The summed E-state index contributed by atoms with van der Waals surface area (Å²) < 4.78 is 10.9. The summed E-state index contributed by atoms with van der Waals surface area (Å²) in [6.07, 6.45) is 1.11. The zero-order valence-electron chi connectivity index (χ0n) is 14.4. The van der Waals surface area contributed by atoms with Crippen molar-refractivity contribution >= 4 is 46.6 Å². The van der Waals surface area contributed by atoms with E-state index in [9.17, 15) is 9.59 Å². The SMILES string of the molecule is COc1cc(C=NN=C2NC(=O)C(CC(=O)O)S2)cc(Cl)c1OC(C)C. The average Bonchev–Trinajstić information content (AvgIpc) is 2.88. The number of thioether (sulfide) groups is 1. The van der Waals surface area contributed by atoms with Crippen molar-refractivity contribution in [2.45, 2.75) is 31.6 Å². The van der Waals surface area contributed by atoms with Crippen LogP contribution in [0.5, 0.6) is 11.5 Å². The summed E-state index contributed by atoms with van der Waals surface area (Å²) in [6, 6.07) is 3.35. The monoisotopic (exact) mass is 399 g/mol. The van der Waals surface area contributed by atoms with Gasteiger partial charge in [-0.15, -0.1) is 5.10 Å². The molecule has 1 aromatic carbocycles. The number of nitrogens with zero attached hydrogens (tertiary/aromatic N) is 2. The number of carbonyl (C=O) groups is 2. The fourth-order valence-electron chi connectivity index (χ4n) is 2.06. The van der Waals surface area contributed by atoms with Crippen LogP contribution in [0.4, 0.5) is 0 Å². The van der Waals surface area contributed by atoms with Crippen molar-refractivity contribution in [2.75, 3.05) is 7.11 Å². The molecular formula is C16H18ClN3O5S. The molecule has 1 fully saturated rings. The van der Waals surface area contributed by atoms with Crippen LogP contribution in [0, 0.1) is 0 Å². The third-order valence-corrected chi connectivity index (χ3v) is 4.45. The number of aliphatic carboxylic acids is 1. The van der Waals surface area contributed by atoms with Crippen LogP contribution < -0.4 is 14.8 Å². The minimum atomic E-state index is -1.05. The summed E-state index contributed by atoms with van der Waals surface area (Å²) in [5.41, 5.74) is 0.628. The lowest BCUT2D eigenvalue weighted by atomic mass is 10.2. The molecule has 0 aromatic heterocycles. The van der Waals surface area contributed by atoms with Crippen LogP contribution in [0.15, 0.2) is 22.3 Å². The number of hydrogen-bond donors (Lipinski definition) is 2. The van der Waals surface area contributed by atoms with Crippen molar-refractivity contribution in [2.24, 2.45) is 10.2 Å². The molecule has 1 amide bonds. The first-order valence-electron chi connectivity index (χ1n) is 7.64. The minimum Gasteiger partial charge on any atom is -0.493 e.